The topological polar surface area (TPSA) is 67.7 Å². The molecule has 0 unspecified atom stereocenters. The maximum absolute atomic E-state index is 6.16. The minimum atomic E-state index is 0.204. The highest BCUT2D eigenvalue weighted by Gasteiger charge is 2.07. The van der Waals surface area contributed by atoms with Crippen molar-refractivity contribution in [3.8, 4) is 5.69 Å². The van der Waals surface area contributed by atoms with Crippen molar-refractivity contribution in [2.45, 2.75) is 13.5 Å². The van der Waals surface area contributed by atoms with Crippen LogP contribution in [0.15, 0.2) is 36.5 Å². The Morgan fingerprint density at radius 1 is 1.17 bits per heavy atom. The second-order valence-corrected chi connectivity index (χ2v) is 5.92. The molecule has 0 aliphatic carbocycles. The summed E-state index contributed by atoms with van der Waals surface area (Å²) in [5, 5.41) is 11.4. The lowest BCUT2D eigenvalue weighted by Crippen LogP contribution is -2.06. The van der Waals surface area contributed by atoms with E-state index >= 15 is 0 Å². The summed E-state index contributed by atoms with van der Waals surface area (Å²) in [5.74, 6) is 0.660. The molecule has 2 aromatic heterocycles. The van der Waals surface area contributed by atoms with Crippen molar-refractivity contribution in [3.63, 3.8) is 0 Å². The summed E-state index contributed by atoms with van der Waals surface area (Å²) >= 11 is 12.0. The van der Waals surface area contributed by atoms with Gasteiger partial charge in [0.1, 0.15) is 5.15 Å². The zero-order valence-electron chi connectivity index (χ0n) is 13.2. The van der Waals surface area contributed by atoms with E-state index in [1.54, 1.807) is 10.9 Å². The third kappa shape index (κ3) is 3.60. The van der Waals surface area contributed by atoms with E-state index in [0.717, 1.165) is 22.6 Å². The summed E-state index contributed by atoms with van der Waals surface area (Å²) in [6.07, 6.45) is 1.64. The van der Waals surface area contributed by atoms with Crippen LogP contribution in [-0.4, -0.2) is 26.8 Å². The molecule has 24 heavy (non-hydrogen) atoms. The van der Waals surface area contributed by atoms with Crippen molar-refractivity contribution in [2.24, 2.45) is 0 Å². The minimum Gasteiger partial charge on any atom is -0.384 e. The second kappa shape index (κ2) is 7.07. The fraction of sp³-hybridized carbons (Fsp3) is 0.188. The average molecular weight is 363 g/mol. The van der Waals surface area contributed by atoms with Gasteiger partial charge in [-0.2, -0.15) is 10.1 Å². The fourth-order valence-corrected chi connectivity index (χ4v) is 2.69. The number of benzene rings is 1. The number of aromatic nitrogens is 4. The third-order valence-electron chi connectivity index (χ3n) is 3.46. The van der Waals surface area contributed by atoms with E-state index in [-0.39, 0.29) is 5.28 Å². The van der Waals surface area contributed by atoms with E-state index < -0.39 is 0 Å². The molecule has 1 aromatic carbocycles. The van der Waals surface area contributed by atoms with E-state index in [2.05, 4.69) is 25.7 Å². The molecular formula is C16H16Cl2N6. The molecule has 0 aliphatic heterocycles. The first-order chi connectivity index (χ1) is 11.6. The zero-order valence-corrected chi connectivity index (χ0v) is 14.7. The Bertz CT molecular complexity index is 844. The number of anilines is 2. The van der Waals surface area contributed by atoms with E-state index in [1.165, 1.54) is 0 Å². The molecule has 0 amide bonds. The Hall–Kier alpha value is -2.31. The van der Waals surface area contributed by atoms with E-state index in [0.29, 0.717) is 17.5 Å². The Balaban J connectivity index is 1.73. The van der Waals surface area contributed by atoms with Crippen molar-refractivity contribution in [3.05, 3.63) is 58.2 Å². The summed E-state index contributed by atoms with van der Waals surface area (Å²) in [6.45, 7) is 2.51. The second-order valence-electron chi connectivity index (χ2n) is 5.19. The number of nitrogens with one attached hydrogen (secondary N) is 2. The highest BCUT2D eigenvalue weighted by atomic mass is 35.5. The van der Waals surface area contributed by atoms with Gasteiger partial charge in [0.05, 0.1) is 23.3 Å². The number of aryl methyl sites for hydroxylation is 1. The molecule has 8 heteroatoms. The molecule has 2 heterocycles. The lowest BCUT2D eigenvalue weighted by atomic mass is 10.2. The Morgan fingerprint density at radius 3 is 2.54 bits per heavy atom. The lowest BCUT2D eigenvalue weighted by molar-refractivity contribution is 0.862. The average Bonchev–Trinajstić information content (AvgIpc) is 2.92. The van der Waals surface area contributed by atoms with Crippen LogP contribution in [0.4, 0.5) is 11.5 Å². The van der Waals surface area contributed by atoms with Gasteiger partial charge in [0.25, 0.3) is 0 Å². The summed E-state index contributed by atoms with van der Waals surface area (Å²) in [7, 11) is 1.81. The molecule has 0 atom stereocenters. The van der Waals surface area contributed by atoms with Crippen LogP contribution in [-0.2, 0) is 6.54 Å². The van der Waals surface area contributed by atoms with Gasteiger partial charge in [-0.05, 0) is 42.3 Å². The van der Waals surface area contributed by atoms with Crippen LogP contribution >= 0.6 is 23.2 Å². The molecule has 0 aliphatic rings. The number of hydrogen-bond donors (Lipinski definition) is 2. The predicted octanol–water partition coefficient (Wildman–Crippen LogP) is 3.93. The number of rotatable bonds is 5. The van der Waals surface area contributed by atoms with Crippen LogP contribution in [0.1, 0.15) is 11.3 Å². The maximum atomic E-state index is 6.16. The van der Waals surface area contributed by atoms with Gasteiger partial charge in [-0.1, -0.05) is 23.7 Å². The highest BCUT2D eigenvalue weighted by molar-refractivity contribution is 6.29. The molecule has 0 spiro atoms. The summed E-state index contributed by atoms with van der Waals surface area (Å²) < 4.78 is 1.71. The lowest BCUT2D eigenvalue weighted by Gasteiger charge is -2.11. The molecule has 0 saturated heterocycles. The van der Waals surface area contributed by atoms with Crippen LogP contribution in [0, 0.1) is 6.92 Å². The van der Waals surface area contributed by atoms with E-state index in [4.69, 9.17) is 23.2 Å². The van der Waals surface area contributed by atoms with Gasteiger partial charge >= 0.3 is 0 Å². The summed E-state index contributed by atoms with van der Waals surface area (Å²) in [4.78, 5) is 8.14. The standard InChI is InChI=1S/C16H16Cl2N6/c1-10-7-14(17)24(23-10)12-5-3-11(4-6-12)8-20-15-13(19-2)9-21-16(18)22-15/h3-7,9,19H,8H2,1-2H3,(H,20,21,22). The van der Waals surface area contributed by atoms with Gasteiger partial charge in [0, 0.05) is 13.6 Å². The highest BCUT2D eigenvalue weighted by Crippen LogP contribution is 2.21. The molecule has 3 rings (SSSR count). The molecule has 124 valence electrons. The van der Waals surface area contributed by atoms with E-state index in [9.17, 15) is 0 Å². The quantitative estimate of drug-likeness (QED) is 0.673. The largest absolute Gasteiger partial charge is 0.384 e. The molecule has 0 radical (unpaired) electrons. The normalized spacial score (nSPS) is 10.7. The van der Waals surface area contributed by atoms with Crippen molar-refractivity contribution >= 4 is 34.7 Å². The molecule has 3 aromatic rings. The van der Waals surface area contributed by atoms with Crippen molar-refractivity contribution in [2.75, 3.05) is 17.7 Å². The number of nitrogens with zero attached hydrogens (tertiary/aromatic N) is 4. The van der Waals surface area contributed by atoms with Crippen LogP contribution in [0.3, 0.4) is 0 Å². The molecule has 2 N–H and O–H groups in total. The van der Waals surface area contributed by atoms with Crippen LogP contribution in [0.5, 0.6) is 0 Å². The van der Waals surface area contributed by atoms with Gasteiger partial charge in [-0.25, -0.2) is 9.67 Å². The number of halogens is 2. The Kier molecular flexibility index (Phi) is 4.87. The van der Waals surface area contributed by atoms with Crippen LogP contribution in [0.25, 0.3) is 5.69 Å². The minimum absolute atomic E-state index is 0.204. The molecule has 0 bridgehead atoms. The third-order valence-corrected chi connectivity index (χ3v) is 3.91. The summed E-state index contributed by atoms with van der Waals surface area (Å²) in [5.41, 5.74) is 3.68. The first kappa shape index (κ1) is 16.5. The fourth-order valence-electron chi connectivity index (χ4n) is 2.27. The van der Waals surface area contributed by atoms with Gasteiger partial charge in [-0.15, -0.1) is 0 Å². The van der Waals surface area contributed by atoms with Crippen molar-refractivity contribution in [1.29, 1.82) is 0 Å². The van der Waals surface area contributed by atoms with Gasteiger partial charge in [0.2, 0.25) is 5.28 Å². The Labute approximate surface area is 149 Å². The molecular weight excluding hydrogens is 347 g/mol. The predicted molar refractivity (Wildman–Crippen MR) is 97.2 cm³/mol. The molecule has 0 fully saturated rings. The molecule has 0 saturated carbocycles. The monoisotopic (exact) mass is 362 g/mol. The van der Waals surface area contributed by atoms with Gasteiger partial charge in [-0.3, -0.25) is 0 Å². The van der Waals surface area contributed by atoms with E-state index in [1.807, 2.05) is 44.3 Å². The Morgan fingerprint density at radius 2 is 1.92 bits per heavy atom. The van der Waals surface area contributed by atoms with Gasteiger partial charge in [0.15, 0.2) is 5.82 Å². The maximum Gasteiger partial charge on any atom is 0.224 e. The van der Waals surface area contributed by atoms with Crippen LogP contribution < -0.4 is 10.6 Å². The first-order valence-electron chi connectivity index (χ1n) is 7.32. The molecule has 6 nitrogen and oxygen atoms in total. The summed E-state index contributed by atoms with van der Waals surface area (Å²) in [6, 6.07) is 9.80. The zero-order chi connectivity index (χ0) is 17.1. The van der Waals surface area contributed by atoms with Crippen molar-refractivity contribution < 1.29 is 0 Å². The smallest absolute Gasteiger partial charge is 0.224 e. The number of hydrogen-bond acceptors (Lipinski definition) is 5. The van der Waals surface area contributed by atoms with Crippen molar-refractivity contribution in [1.82, 2.24) is 19.7 Å². The van der Waals surface area contributed by atoms with Gasteiger partial charge < -0.3 is 10.6 Å². The SMILES string of the molecule is CNc1cnc(Cl)nc1NCc1ccc(-n2nc(C)cc2Cl)cc1. The van der Waals surface area contributed by atoms with Crippen LogP contribution in [0.2, 0.25) is 10.4 Å². The first-order valence-corrected chi connectivity index (χ1v) is 8.08.